The van der Waals surface area contributed by atoms with Gasteiger partial charge in [0.1, 0.15) is 0 Å². The van der Waals surface area contributed by atoms with Crippen LogP contribution in [0, 0.1) is 6.92 Å². The minimum Gasteiger partial charge on any atom is -0.337 e. The van der Waals surface area contributed by atoms with Crippen molar-refractivity contribution in [3.8, 4) is 11.4 Å². The number of imidazole rings is 1. The quantitative estimate of drug-likeness (QED) is 0.517. The Labute approximate surface area is 166 Å². The van der Waals surface area contributed by atoms with Gasteiger partial charge in [0.25, 0.3) is 0 Å². The molecule has 2 aromatic carbocycles. The number of fused-ring (bicyclic) bond motifs is 1. The van der Waals surface area contributed by atoms with Gasteiger partial charge in [-0.2, -0.15) is 9.71 Å². The maximum Gasteiger partial charge on any atom is 0.326 e. The molecule has 0 aliphatic carbocycles. The Morgan fingerprint density at radius 1 is 1.17 bits per heavy atom. The maximum atomic E-state index is 12.5. The van der Waals surface area contributed by atoms with Crippen molar-refractivity contribution in [3.63, 3.8) is 0 Å². The molecule has 0 aliphatic rings. The van der Waals surface area contributed by atoms with Crippen LogP contribution in [0.4, 0.5) is 0 Å². The van der Waals surface area contributed by atoms with Gasteiger partial charge in [0.15, 0.2) is 0 Å². The molecule has 150 valence electrons. The van der Waals surface area contributed by atoms with Crippen LogP contribution >= 0.6 is 0 Å². The summed E-state index contributed by atoms with van der Waals surface area (Å²) in [4.78, 5) is 19.0. The van der Waals surface area contributed by atoms with Crippen molar-refractivity contribution in [2.24, 2.45) is 7.05 Å². The zero-order valence-corrected chi connectivity index (χ0v) is 16.8. The van der Waals surface area contributed by atoms with Gasteiger partial charge < -0.3 is 9.51 Å². The van der Waals surface area contributed by atoms with Crippen LogP contribution in [-0.4, -0.2) is 28.1 Å². The Balaban J connectivity index is 1.58. The van der Waals surface area contributed by atoms with E-state index < -0.39 is 16.1 Å². The van der Waals surface area contributed by atoms with Gasteiger partial charge in [-0.25, -0.2) is 13.2 Å². The minimum absolute atomic E-state index is 0.136. The zero-order chi connectivity index (χ0) is 20.8. The van der Waals surface area contributed by atoms with E-state index in [1.807, 2.05) is 6.92 Å². The first-order valence-corrected chi connectivity index (χ1v) is 10.3. The van der Waals surface area contributed by atoms with E-state index >= 15 is 0 Å². The molecule has 0 saturated heterocycles. The highest BCUT2D eigenvalue weighted by atomic mass is 32.2. The van der Waals surface area contributed by atoms with Crippen molar-refractivity contribution < 1.29 is 12.9 Å². The number of sulfonamides is 1. The molecule has 0 aliphatic heterocycles. The average Bonchev–Trinajstić information content (AvgIpc) is 3.27. The third-order valence-electron chi connectivity index (χ3n) is 4.64. The van der Waals surface area contributed by atoms with Crippen molar-refractivity contribution >= 4 is 21.1 Å². The number of aromatic amines is 1. The summed E-state index contributed by atoms with van der Waals surface area (Å²) in [5, 5.41) is 3.94. The number of aromatic nitrogens is 4. The largest absolute Gasteiger partial charge is 0.337 e. The smallest absolute Gasteiger partial charge is 0.326 e. The van der Waals surface area contributed by atoms with Crippen molar-refractivity contribution in [3.05, 3.63) is 64.4 Å². The summed E-state index contributed by atoms with van der Waals surface area (Å²) in [5.74, 6) is 0.435. The lowest BCUT2D eigenvalue weighted by Gasteiger charge is -2.10. The Bertz CT molecular complexity index is 1350. The van der Waals surface area contributed by atoms with Crippen LogP contribution < -0.4 is 10.4 Å². The topological polar surface area (TPSA) is 123 Å². The highest BCUT2D eigenvalue weighted by Crippen LogP contribution is 2.23. The van der Waals surface area contributed by atoms with Crippen molar-refractivity contribution in [1.82, 2.24) is 24.4 Å². The Kier molecular flexibility index (Phi) is 4.59. The minimum atomic E-state index is -3.73. The number of aryl methyl sites for hydroxylation is 2. The molecule has 2 heterocycles. The molecule has 4 aromatic rings. The summed E-state index contributed by atoms with van der Waals surface area (Å²) in [7, 11) is -2.06. The number of H-pyrrole nitrogens is 1. The first kappa shape index (κ1) is 19.1. The van der Waals surface area contributed by atoms with Gasteiger partial charge in [0, 0.05) is 12.6 Å². The van der Waals surface area contributed by atoms with E-state index in [0.29, 0.717) is 16.9 Å². The molecule has 2 N–H and O–H groups in total. The molecule has 4 rings (SSSR count). The molecule has 0 spiro atoms. The van der Waals surface area contributed by atoms with Crippen LogP contribution in [0.1, 0.15) is 24.4 Å². The Morgan fingerprint density at radius 2 is 1.90 bits per heavy atom. The number of hydrogen-bond donors (Lipinski definition) is 2. The van der Waals surface area contributed by atoms with Gasteiger partial charge in [-0.05, 0) is 44.2 Å². The monoisotopic (exact) mass is 413 g/mol. The van der Waals surface area contributed by atoms with Gasteiger partial charge in [-0.1, -0.05) is 22.9 Å². The second kappa shape index (κ2) is 6.98. The van der Waals surface area contributed by atoms with E-state index in [4.69, 9.17) is 4.52 Å². The predicted octanol–water partition coefficient (Wildman–Crippen LogP) is 2.26. The number of nitrogens with zero attached hydrogens (tertiary/aromatic N) is 3. The van der Waals surface area contributed by atoms with Gasteiger partial charge >= 0.3 is 5.69 Å². The fourth-order valence-electron chi connectivity index (χ4n) is 2.97. The van der Waals surface area contributed by atoms with Gasteiger partial charge in [0.05, 0.1) is 22.0 Å². The number of benzene rings is 2. The Morgan fingerprint density at radius 3 is 2.62 bits per heavy atom. The van der Waals surface area contributed by atoms with Crippen LogP contribution in [0.5, 0.6) is 0 Å². The molecule has 0 bridgehead atoms. The van der Waals surface area contributed by atoms with Crippen LogP contribution in [0.25, 0.3) is 22.4 Å². The molecule has 29 heavy (non-hydrogen) atoms. The molecular formula is C19H19N5O4S. The third kappa shape index (κ3) is 3.59. The van der Waals surface area contributed by atoms with Crippen LogP contribution in [0.3, 0.4) is 0 Å². The van der Waals surface area contributed by atoms with Crippen LogP contribution in [0.2, 0.25) is 0 Å². The highest BCUT2D eigenvalue weighted by molar-refractivity contribution is 7.89. The van der Waals surface area contributed by atoms with Gasteiger partial charge in [-0.15, -0.1) is 0 Å². The van der Waals surface area contributed by atoms with Crippen LogP contribution in [0.15, 0.2) is 56.7 Å². The fraction of sp³-hybridized carbons (Fsp3) is 0.211. The van der Waals surface area contributed by atoms with E-state index in [-0.39, 0.29) is 16.5 Å². The molecule has 0 radical (unpaired) electrons. The maximum absolute atomic E-state index is 12.5. The summed E-state index contributed by atoms with van der Waals surface area (Å²) in [5.41, 5.74) is 2.79. The van der Waals surface area contributed by atoms with E-state index in [1.54, 1.807) is 56.4 Å². The zero-order valence-electron chi connectivity index (χ0n) is 16.0. The second-order valence-electron chi connectivity index (χ2n) is 6.83. The second-order valence-corrected chi connectivity index (χ2v) is 8.55. The summed E-state index contributed by atoms with van der Waals surface area (Å²) in [6.45, 7) is 3.51. The molecule has 1 unspecified atom stereocenters. The molecule has 1 atom stereocenters. The van der Waals surface area contributed by atoms with Crippen molar-refractivity contribution in [1.29, 1.82) is 0 Å². The SMILES string of the molecule is Cc1ccc(S(=O)(=O)NC(C)c2nc(-c3ccc4c(c3)[nH]c(=O)n4C)no2)cc1. The molecule has 0 fully saturated rings. The lowest BCUT2D eigenvalue weighted by molar-refractivity contribution is 0.354. The summed E-state index contributed by atoms with van der Waals surface area (Å²) in [6, 6.07) is 11.1. The van der Waals surface area contributed by atoms with E-state index in [0.717, 1.165) is 11.1 Å². The standard InChI is InChI=1S/C19H19N5O4S/c1-11-4-7-14(8-5-11)29(26,27)23-12(2)18-21-17(22-28-18)13-6-9-16-15(10-13)20-19(25)24(16)3/h4-10,12,23H,1-3H3,(H,20,25). The summed E-state index contributed by atoms with van der Waals surface area (Å²) >= 11 is 0. The normalized spacial score (nSPS) is 13.1. The summed E-state index contributed by atoms with van der Waals surface area (Å²) < 4.78 is 34.4. The lowest BCUT2D eigenvalue weighted by Crippen LogP contribution is -2.27. The molecule has 10 heteroatoms. The number of nitrogens with one attached hydrogen (secondary N) is 2. The molecule has 0 saturated carbocycles. The molecular weight excluding hydrogens is 394 g/mol. The number of rotatable bonds is 5. The third-order valence-corrected chi connectivity index (χ3v) is 6.19. The van der Waals surface area contributed by atoms with Crippen LogP contribution in [-0.2, 0) is 17.1 Å². The van der Waals surface area contributed by atoms with Gasteiger partial charge in [0.2, 0.25) is 21.7 Å². The molecule has 0 amide bonds. The first-order chi connectivity index (χ1) is 13.7. The van der Waals surface area contributed by atoms with Crippen molar-refractivity contribution in [2.45, 2.75) is 24.8 Å². The first-order valence-electron chi connectivity index (χ1n) is 8.86. The van der Waals surface area contributed by atoms with E-state index in [1.165, 1.54) is 4.57 Å². The number of hydrogen-bond acceptors (Lipinski definition) is 6. The predicted molar refractivity (Wildman–Crippen MR) is 107 cm³/mol. The lowest BCUT2D eigenvalue weighted by atomic mass is 10.2. The van der Waals surface area contributed by atoms with Gasteiger partial charge in [-0.3, -0.25) is 4.57 Å². The van der Waals surface area contributed by atoms with E-state index in [2.05, 4.69) is 19.8 Å². The highest BCUT2D eigenvalue weighted by Gasteiger charge is 2.23. The average molecular weight is 413 g/mol. The van der Waals surface area contributed by atoms with Crippen molar-refractivity contribution in [2.75, 3.05) is 0 Å². The Hall–Kier alpha value is -3.24. The summed E-state index contributed by atoms with van der Waals surface area (Å²) in [6.07, 6.45) is 0. The molecule has 2 aromatic heterocycles. The van der Waals surface area contributed by atoms with E-state index in [9.17, 15) is 13.2 Å². The fourth-order valence-corrected chi connectivity index (χ4v) is 4.17. The molecule has 9 nitrogen and oxygen atoms in total.